The molecule has 1 aromatic carbocycles. The van der Waals surface area contributed by atoms with Gasteiger partial charge in [-0.25, -0.2) is 4.99 Å². The third-order valence-electron chi connectivity index (χ3n) is 3.07. The molecule has 5 nitrogen and oxygen atoms in total. The summed E-state index contributed by atoms with van der Waals surface area (Å²) < 4.78 is 10.6. The highest BCUT2D eigenvalue weighted by molar-refractivity contribution is 14.0. The number of benzene rings is 1. The van der Waals surface area contributed by atoms with Crippen LogP contribution in [-0.2, 0) is 16.1 Å². The standard InChI is InChI=1S/C15H21N3O2.HI/c1-19-11-12-6-2-3-8-14(12)18-15(16)17-10-13-7-4-5-9-20-13;/h2-3,5-6,8-9,13H,4,7,10-11H2,1H3,(H3,16,17,18);1H. The Labute approximate surface area is 142 Å². The van der Waals surface area contributed by atoms with Crippen molar-refractivity contribution in [3.8, 4) is 0 Å². The Balaban J connectivity index is 0.00000220. The fourth-order valence-corrected chi connectivity index (χ4v) is 2.02. The maximum absolute atomic E-state index is 5.91. The van der Waals surface area contributed by atoms with Crippen LogP contribution < -0.4 is 11.1 Å². The Hall–Kier alpha value is -1.28. The van der Waals surface area contributed by atoms with Gasteiger partial charge in [0.05, 0.1) is 19.4 Å². The van der Waals surface area contributed by atoms with E-state index >= 15 is 0 Å². The fraction of sp³-hybridized carbons (Fsp3) is 0.400. The highest BCUT2D eigenvalue weighted by Crippen LogP contribution is 2.15. The average molecular weight is 403 g/mol. The Morgan fingerprint density at radius 2 is 2.29 bits per heavy atom. The maximum atomic E-state index is 5.91. The summed E-state index contributed by atoms with van der Waals surface area (Å²) in [7, 11) is 1.67. The molecule has 1 aliphatic rings. The molecule has 0 aromatic heterocycles. The summed E-state index contributed by atoms with van der Waals surface area (Å²) in [6, 6.07) is 7.86. The van der Waals surface area contributed by atoms with Crippen molar-refractivity contribution in [1.29, 1.82) is 0 Å². The second-order valence-electron chi connectivity index (χ2n) is 4.65. The van der Waals surface area contributed by atoms with Crippen molar-refractivity contribution in [2.75, 3.05) is 19.0 Å². The zero-order chi connectivity index (χ0) is 14.2. The number of aliphatic imine (C=N–C) groups is 1. The molecule has 0 radical (unpaired) electrons. The maximum Gasteiger partial charge on any atom is 0.193 e. The van der Waals surface area contributed by atoms with Crippen molar-refractivity contribution in [2.45, 2.75) is 25.6 Å². The minimum Gasteiger partial charge on any atom is -0.496 e. The summed E-state index contributed by atoms with van der Waals surface area (Å²) in [6.07, 6.45) is 5.89. The second kappa shape index (κ2) is 9.62. The van der Waals surface area contributed by atoms with Crippen LogP contribution in [0.4, 0.5) is 5.69 Å². The van der Waals surface area contributed by atoms with Gasteiger partial charge in [0.2, 0.25) is 0 Å². The zero-order valence-corrected chi connectivity index (χ0v) is 14.4. The number of hydrogen-bond acceptors (Lipinski definition) is 3. The van der Waals surface area contributed by atoms with Gasteiger partial charge < -0.3 is 20.5 Å². The Morgan fingerprint density at radius 3 is 3.00 bits per heavy atom. The van der Waals surface area contributed by atoms with E-state index in [1.165, 1.54) is 0 Å². The smallest absolute Gasteiger partial charge is 0.193 e. The van der Waals surface area contributed by atoms with E-state index in [1.807, 2.05) is 30.3 Å². The van der Waals surface area contributed by atoms with E-state index in [1.54, 1.807) is 13.4 Å². The Morgan fingerprint density at radius 1 is 1.48 bits per heavy atom. The van der Waals surface area contributed by atoms with Gasteiger partial charge in [0.25, 0.3) is 0 Å². The van der Waals surface area contributed by atoms with Crippen molar-refractivity contribution in [1.82, 2.24) is 0 Å². The summed E-state index contributed by atoms with van der Waals surface area (Å²) in [5.74, 6) is 0.395. The van der Waals surface area contributed by atoms with Gasteiger partial charge in [0, 0.05) is 18.4 Å². The van der Waals surface area contributed by atoms with Gasteiger partial charge in [-0.15, -0.1) is 24.0 Å². The molecule has 0 bridgehead atoms. The van der Waals surface area contributed by atoms with E-state index in [4.69, 9.17) is 15.2 Å². The van der Waals surface area contributed by atoms with Crippen molar-refractivity contribution in [3.63, 3.8) is 0 Å². The molecule has 0 fully saturated rings. The lowest BCUT2D eigenvalue weighted by Gasteiger charge is -2.17. The minimum atomic E-state index is 0. The Bertz CT molecular complexity index is 492. The van der Waals surface area contributed by atoms with Gasteiger partial charge in [-0.1, -0.05) is 18.2 Å². The quantitative estimate of drug-likeness (QED) is 0.451. The molecule has 0 aliphatic carbocycles. The predicted octanol–water partition coefficient (Wildman–Crippen LogP) is 2.87. The summed E-state index contributed by atoms with van der Waals surface area (Å²) in [5.41, 5.74) is 7.88. The van der Waals surface area contributed by atoms with Gasteiger partial charge in [0.15, 0.2) is 5.96 Å². The number of allylic oxidation sites excluding steroid dienone is 1. The second-order valence-corrected chi connectivity index (χ2v) is 4.65. The van der Waals surface area contributed by atoms with Gasteiger partial charge in [0.1, 0.15) is 6.10 Å². The molecule has 2 rings (SSSR count). The molecule has 116 valence electrons. The van der Waals surface area contributed by atoms with Crippen molar-refractivity contribution in [3.05, 3.63) is 42.2 Å². The molecule has 0 saturated heterocycles. The predicted molar refractivity (Wildman–Crippen MR) is 95.9 cm³/mol. The van der Waals surface area contributed by atoms with Crippen LogP contribution in [0.1, 0.15) is 18.4 Å². The number of nitrogens with one attached hydrogen (secondary N) is 1. The van der Waals surface area contributed by atoms with E-state index in [-0.39, 0.29) is 30.1 Å². The first-order chi connectivity index (χ1) is 9.79. The van der Waals surface area contributed by atoms with Gasteiger partial charge in [-0.2, -0.15) is 0 Å². The number of ether oxygens (including phenoxy) is 2. The van der Waals surface area contributed by atoms with E-state index < -0.39 is 0 Å². The fourth-order valence-electron chi connectivity index (χ4n) is 2.02. The van der Waals surface area contributed by atoms with E-state index in [0.717, 1.165) is 24.1 Å². The average Bonchev–Trinajstić information content (AvgIpc) is 2.49. The third kappa shape index (κ3) is 5.92. The summed E-state index contributed by atoms with van der Waals surface area (Å²) >= 11 is 0. The third-order valence-corrected chi connectivity index (χ3v) is 3.07. The van der Waals surface area contributed by atoms with Crippen LogP contribution in [0.5, 0.6) is 0 Å². The highest BCUT2D eigenvalue weighted by Gasteiger charge is 2.10. The van der Waals surface area contributed by atoms with Crippen LogP contribution in [0.15, 0.2) is 41.6 Å². The van der Waals surface area contributed by atoms with Crippen molar-refractivity contribution < 1.29 is 9.47 Å². The van der Waals surface area contributed by atoms with Gasteiger partial charge in [-0.05, 0) is 25.0 Å². The number of nitrogens with two attached hydrogens (primary N) is 1. The van der Waals surface area contributed by atoms with E-state index in [2.05, 4.69) is 10.3 Å². The van der Waals surface area contributed by atoms with Gasteiger partial charge in [-0.3, -0.25) is 0 Å². The molecule has 0 spiro atoms. The largest absolute Gasteiger partial charge is 0.496 e. The summed E-state index contributed by atoms with van der Waals surface area (Å²) in [6.45, 7) is 1.10. The highest BCUT2D eigenvalue weighted by atomic mass is 127. The summed E-state index contributed by atoms with van der Waals surface area (Å²) in [4.78, 5) is 4.33. The number of rotatable bonds is 5. The first kappa shape index (κ1) is 17.8. The number of nitrogens with zero attached hydrogens (tertiary/aromatic N) is 1. The van der Waals surface area contributed by atoms with Crippen LogP contribution in [0.25, 0.3) is 0 Å². The number of halogens is 1. The monoisotopic (exact) mass is 403 g/mol. The molecule has 1 aromatic rings. The summed E-state index contributed by atoms with van der Waals surface area (Å²) in [5, 5.41) is 3.11. The van der Waals surface area contributed by atoms with E-state index in [0.29, 0.717) is 19.1 Å². The lowest BCUT2D eigenvalue weighted by atomic mass is 10.1. The molecular formula is C15H22IN3O2. The first-order valence-corrected chi connectivity index (χ1v) is 6.74. The van der Waals surface area contributed by atoms with Crippen LogP contribution in [0.2, 0.25) is 0 Å². The molecule has 1 heterocycles. The first-order valence-electron chi connectivity index (χ1n) is 6.74. The van der Waals surface area contributed by atoms with E-state index in [9.17, 15) is 0 Å². The topological polar surface area (TPSA) is 68.9 Å². The molecule has 21 heavy (non-hydrogen) atoms. The van der Waals surface area contributed by atoms with Crippen LogP contribution in [0.3, 0.4) is 0 Å². The van der Waals surface area contributed by atoms with Crippen LogP contribution >= 0.6 is 24.0 Å². The normalized spacial score (nSPS) is 17.8. The number of methoxy groups -OCH3 is 1. The lowest BCUT2D eigenvalue weighted by Crippen LogP contribution is -2.26. The van der Waals surface area contributed by atoms with Crippen molar-refractivity contribution in [2.24, 2.45) is 10.7 Å². The van der Waals surface area contributed by atoms with Crippen molar-refractivity contribution >= 4 is 35.6 Å². The Kier molecular flexibility index (Phi) is 8.14. The van der Waals surface area contributed by atoms with Crippen LogP contribution in [0, 0.1) is 0 Å². The molecule has 1 aliphatic heterocycles. The zero-order valence-electron chi connectivity index (χ0n) is 12.1. The minimum absolute atomic E-state index is 0. The molecular weight excluding hydrogens is 381 g/mol. The van der Waals surface area contributed by atoms with Crippen LogP contribution in [-0.4, -0.2) is 25.7 Å². The number of anilines is 1. The molecule has 3 N–H and O–H groups in total. The lowest BCUT2D eigenvalue weighted by molar-refractivity contribution is 0.131. The molecule has 0 amide bonds. The molecule has 6 heteroatoms. The molecule has 1 atom stereocenters. The number of guanidine groups is 1. The SMILES string of the molecule is COCc1ccccc1NC(N)=NCC1CCC=CO1.I. The van der Waals surface area contributed by atoms with Gasteiger partial charge >= 0.3 is 0 Å². The molecule has 0 saturated carbocycles. The number of hydrogen-bond donors (Lipinski definition) is 2. The number of para-hydroxylation sites is 1. The molecule has 1 unspecified atom stereocenters.